The highest BCUT2D eigenvalue weighted by Gasteiger charge is 2.38. The summed E-state index contributed by atoms with van der Waals surface area (Å²) in [5.74, 6) is -0.438. The van der Waals surface area contributed by atoms with Gasteiger partial charge in [0.05, 0.1) is 38.1 Å². The Morgan fingerprint density at radius 1 is 0.755 bits per heavy atom. The van der Waals surface area contributed by atoms with Gasteiger partial charge in [-0.05, 0) is 66.3 Å². The van der Waals surface area contributed by atoms with E-state index in [0.717, 1.165) is 35.2 Å². The second-order valence-corrected chi connectivity index (χ2v) is 14.4. The maximum Gasteiger partial charge on any atom is 0.407 e. The van der Waals surface area contributed by atoms with Crippen LogP contribution < -0.4 is 16.0 Å². The van der Waals surface area contributed by atoms with E-state index < -0.39 is 24.3 Å². The standard InChI is InChI=1S/C39H51N7O7/c1-23(2)32(43-38(50)52-5)36(48)45-19-7-9-28(22-45)35(47)41-29-17-15-26(16-18-29)25-11-13-27(14-12-25)30-21-40-34(42-30)31-10-8-20-46(31)37(49)33(24(3)4)44-39(51)53-6/h11-18,21,23-24,28,31-33H,7-10,19-20,22H2,1-6H3,(H,40,42)(H,41,47)(H,43,50)(H,44,51)/t28-,31-,32-,33-/m0/s1. The topological polar surface area (TPSA) is 175 Å². The molecule has 5 amide bonds. The number of nitrogens with zero attached hydrogens (tertiary/aromatic N) is 3. The zero-order chi connectivity index (χ0) is 38.2. The molecule has 2 saturated heterocycles. The van der Waals surface area contributed by atoms with Crippen molar-refractivity contribution in [1.82, 2.24) is 30.4 Å². The predicted octanol–water partition coefficient (Wildman–Crippen LogP) is 5.35. The number of piperidine rings is 1. The molecule has 0 saturated carbocycles. The highest BCUT2D eigenvalue weighted by Crippen LogP contribution is 2.33. The third-order valence-electron chi connectivity index (χ3n) is 10.0. The summed E-state index contributed by atoms with van der Waals surface area (Å²) in [4.78, 5) is 75.2. The quantitative estimate of drug-likeness (QED) is 0.205. The van der Waals surface area contributed by atoms with Gasteiger partial charge < -0.3 is 40.2 Å². The Labute approximate surface area is 310 Å². The Hall–Kier alpha value is -5.40. The van der Waals surface area contributed by atoms with E-state index in [4.69, 9.17) is 9.47 Å². The zero-order valence-electron chi connectivity index (χ0n) is 31.3. The van der Waals surface area contributed by atoms with Crippen molar-refractivity contribution in [3.8, 4) is 22.4 Å². The van der Waals surface area contributed by atoms with Gasteiger partial charge in [-0.2, -0.15) is 0 Å². The van der Waals surface area contributed by atoms with Gasteiger partial charge in [-0.25, -0.2) is 14.6 Å². The molecule has 0 unspecified atom stereocenters. The molecule has 0 bridgehead atoms. The van der Waals surface area contributed by atoms with E-state index in [-0.39, 0.29) is 48.1 Å². The normalized spacial score (nSPS) is 18.3. The van der Waals surface area contributed by atoms with Crippen LogP contribution in [0, 0.1) is 17.8 Å². The van der Waals surface area contributed by atoms with Gasteiger partial charge in [-0.15, -0.1) is 0 Å². The van der Waals surface area contributed by atoms with Crippen molar-refractivity contribution < 1.29 is 33.4 Å². The van der Waals surface area contributed by atoms with Crippen molar-refractivity contribution in [3.63, 3.8) is 0 Å². The smallest absolute Gasteiger partial charge is 0.407 e. The van der Waals surface area contributed by atoms with Crippen LogP contribution >= 0.6 is 0 Å². The van der Waals surface area contributed by atoms with Crippen molar-refractivity contribution in [2.75, 3.05) is 39.2 Å². The molecule has 53 heavy (non-hydrogen) atoms. The van der Waals surface area contributed by atoms with E-state index in [0.29, 0.717) is 37.4 Å². The lowest BCUT2D eigenvalue weighted by atomic mass is 9.95. The lowest BCUT2D eigenvalue weighted by Gasteiger charge is -2.35. The lowest BCUT2D eigenvalue weighted by Crippen LogP contribution is -2.54. The van der Waals surface area contributed by atoms with Gasteiger partial charge in [0, 0.05) is 25.3 Å². The number of benzene rings is 2. The van der Waals surface area contributed by atoms with Crippen molar-refractivity contribution >= 4 is 35.6 Å². The fourth-order valence-corrected chi connectivity index (χ4v) is 6.97. The van der Waals surface area contributed by atoms with E-state index >= 15 is 0 Å². The second-order valence-electron chi connectivity index (χ2n) is 14.4. The van der Waals surface area contributed by atoms with Crippen LogP contribution in [0.5, 0.6) is 0 Å². The number of H-pyrrole nitrogens is 1. The summed E-state index contributed by atoms with van der Waals surface area (Å²) in [6.45, 7) is 8.88. The van der Waals surface area contributed by atoms with Gasteiger partial charge in [0.25, 0.3) is 0 Å². The summed E-state index contributed by atoms with van der Waals surface area (Å²) in [6, 6.07) is 14.0. The molecular formula is C39H51N7O7. The van der Waals surface area contributed by atoms with Crippen LogP contribution in [0.1, 0.15) is 65.2 Å². The van der Waals surface area contributed by atoms with Crippen LogP contribution in [0.3, 0.4) is 0 Å². The summed E-state index contributed by atoms with van der Waals surface area (Å²) in [7, 11) is 2.54. The number of methoxy groups -OCH3 is 2. The number of aromatic nitrogens is 2. The number of ether oxygens (including phenoxy) is 2. The number of amides is 5. The first-order valence-electron chi connectivity index (χ1n) is 18.2. The molecule has 2 fully saturated rings. The van der Waals surface area contributed by atoms with Crippen LogP contribution in [0.2, 0.25) is 0 Å². The molecule has 1 aromatic heterocycles. The third kappa shape index (κ3) is 9.34. The Morgan fingerprint density at radius 3 is 1.89 bits per heavy atom. The molecule has 3 aromatic rings. The number of hydrogen-bond acceptors (Lipinski definition) is 8. The highest BCUT2D eigenvalue weighted by molar-refractivity contribution is 5.94. The largest absolute Gasteiger partial charge is 0.453 e. The predicted molar refractivity (Wildman–Crippen MR) is 199 cm³/mol. The average Bonchev–Trinajstić information content (AvgIpc) is 3.86. The van der Waals surface area contributed by atoms with Crippen molar-refractivity contribution in [2.45, 2.75) is 71.5 Å². The van der Waals surface area contributed by atoms with Crippen LogP contribution in [0.4, 0.5) is 15.3 Å². The zero-order valence-corrected chi connectivity index (χ0v) is 31.3. The molecule has 2 aromatic carbocycles. The number of rotatable bonds is 11. The fourth-order valence-electron chi connectivity index (χ4n) is 6.97. The minimum Gasteiger partial charge on any atom is -0.453 e. The molecule has 2 aliphatic heterocycles. The Bertz CT molecular complexity index is 1760. The molecular weight excluding hydrogens is 678 g/mol. The number of likely N-dealkylation sites (tertiary alicyclic amines) is 2. The van der Waals surface area contributed by atoms with Gasteiger partial charge in [0.15, 0.2) is 0 Å². The number of hydrogen-bond donors (Lipinski definition) is 4. The molecule has 14 nitrogen and oxygen atoms in total. The van der Waals surface area contributed by atoms with Crippen LogP contribution in [0.15, 0.2) is 54.7 Å². The van der Waals surface area contributed by atoms with Crippen molar-refractivity contribution in [3.05, 3.63) is 60.6 Å². The monoisotopic (exact) mass is 729 g/mol. The third-order valence-corrected chi connectivity index (χ3v) is 10.0. The number of anilines is 1. The Morgan fingerprint density at radius 2 is 1.30 bits per heavy atom. The number of carbonyl (C=O) groups excluding carboxylic acids is 5. The molecule has 4 atom stereocenters. The summed E-state index contributed by atoms with van der Waals surface area (Å²) < 4.78 is 9.43. The first-order valence-corrected chi connectivity index (χ1v) is 18.2. The van der Waals surface area contributed by atoms with E-state index in [1.165, 1.54) is 14.2 Å². The van der Waals surface area contributed by atoms with E-state index in [9.17, 15) is 24.0 Å². The molecule has 0 radical (unpaired) electrons. The lowest BCUT2D eigenvalue weighted by molar-refractivity contribution is -0.137. The first-order chi connectivity index (χ1) is 25.4. The number of alkyl carbamates (subject to hydrolysis) is 2. The minimum atomic E-state index is -0.732. The van der Waals surface area contributed by atoms with Crippen LogP contribution in [-0.2, 0) is 23.9 Å². The van der Waals surface area contributed by atoms with E-state index in [1.54, 1.807) is 16.0 Å². The summed E-state index contributed by atoms with van der Waals surface area (Å²) >= 11 is 0. The number of aromatic amines is 1. The maximum atomic E-state index is 13.5. The van der Waals surface area contributed by atoms with Crippen LogP contribution in [0.25, 0.3) is 22.4 Å². The second kappa shape index (κ2) is 17.4. The number of imidazole rings is 1. The molecule has 284 valence electrons. The first kappa shape index (κ1) is 38.8. The van der Waals surface area contributed by atoms with E-state index in [1.807, 2.05) is 76.2 Å². The SMILES string of the molecule is COC(=O)N[C@H](C(=O)N1CCC[C@H](C(=O)Nc2ccc(-c3ccc(-c4cnc([C@@H]5CCCN5C(=O)[C@@H](NC(=O)OC)C(C)C)[nH]4)cc3)cc2)C1)C(C)C. The van der Waals surface area contributed by atoms with Crippen molar-refractivity contribution in [2.24, 2.45) is 17.8 Å². The number of nitrogens with one attached hydrogen (secondary N) is 4. The van der Waals surface area contributed by atoms with E-state index in [2.05, 4.69) is 25.9 Å². The van der Waals surface area contributed by atoms with Gasteiger partial charge in [0.1, 0.15) is 17.9 Å². The fraction of sp³-hybridized carbons (Fsp3) is 0.487. The van der Waals surface area contributed by atoms with Crippen LogP contribution in [-0.4, -0.2) is 95.6 Å². The molecule has 5 rings (SSSR count). The summed E-state index contributed by atoms with van der Waals surface area (Å²) in [5.41, 5.74) is 4.42. The molecule has 2 aliphatic rings. The molecule has 0 aliphatic carbocycles. The molecule has 4 N–H and O–H groups in total. The van der Waals surface area contributed by atoms with Gasteiger partial charge >= 0.3 is 12.2 Å². The van der Waals surface area contributed by atoms with Crippen molar-refractivity contribution in [1.29, 1.82) is 0 Å². The minimum absolute atomic E-state index is 0.113. The van der Waals surface area contributed by atoms with Gasteiger partial charge in [-0.3, -0.25) is 14.4 Å². The highest BCUT2D eigenvalue weighted by atomic mass is 16.5. The summed E-state index contributed by atoms with van der Waals surface area (Å²) in [5, 5.41) is 8.31. The maximum absolute atomic E-state index is 13.5. The molecule has 0 spiro atoms. The molecule has 14 heteroatoms. The average molecular weight is 730 g/mol. The summed E-state index contributed by atoms with van der Waals surface area (Å²) in [6.07, 6.45) is 3.44. The molecule has 3 heterocycles. The van der Waals surface area contributed by atoms with Gasteiger partial charge in [0.2, 0.25) is 17.7 Å². The number of carbonyl (C=O) groups is 5. The Kier molecular flexibility index (Phi) is 12.8. The Balaban J connectivity index is 1.18. The van der Waals surface area contributed by atoms with Gasteiger partial charge in [-0.1, -0.05) is 64.1 Å².